The number of rotatable bonds is 8. The Morgan fingerprint density at radius 1 is 0.966 bits per heavy atom. The lowest BCUT2D eigenvalue weighted by Crippen LogP contribution is -2.47. The first-order valence-electron chi connectivity index (χ1n) is 9.47. The van der Waals surface area contributed by atoms with Gasteiger partial charge in [0.15, 0.2) is 6.61 Å². The molecule has 0 fully saturated rings. The quantitative estimate of drug-likeness (QED) is 0.546. The van der Waals surface area contributed by atoms with Crippen LogP contribution >= 0.6 is 0 Å². The molecule has 2 aromatic carbocycles. The van der Waals surface area contributed by atoms with Crippen molar-refractivity contribution in [2.24, 2.45) is 0 Å². The van der Waals surface area contributed by atoms with Crippen molar-refractivity contribution in [3.8, 4) is 0 Å². The highest BCUT2D eigenvalue weighted by atomic mass is 16.5. The number of imide groups is 1. The Kier molecular flexibility index (Phi) is 6.39. The van der Waals surface area contributed by atoms with Crippen molar-refractivity contribution in [3.63, 3.8) is 0 Å². The van der Waals surface area contributed by atoms with E-state index < -0.39 is 36.3 Å². The first-order chi connectivity index (χ1) is 14.0. The van der Waals surface area contributed by atoms with Crippen LogP contribution in [-0.2, 0) is 20.7 Å². The lowest BCUT2D eigenvalue weighted by atomic mass is 10.0. The Morgan fingerprint density at radius 2 is 1.55 bits per heavy atom. The van der Waals surface area contributed by atoms with Crippen LogP contribution in [0.5, 0.6) is 0 Å². The molecule has 0 saturated heterocycles. The third-order valence-corrected chi connectivity index (χ3v) is 4.60. The number of fused-ring (bicyclic) bond motifs is 1. The number of nitrogens with zero attached hydrogens (tertiary/aromatic N) is 1. The normalized spacial score (nSPS) is 13.8. The van der Waals surface area contributed by atoms with E-state index >= 15 is 0 Å². The molecule has 1 atom stereocenters. The number of carbonyl (C=O) groups is 4. The summed E-state index contributed by atoms with van der Waals surface area (Å²) in [6.07, 6.45) is 0.854. The summed E-state index contributed by atoms with van der Waals surface area (Å²) in [5.74, 6) is -2.31. The van der Waals surface area contributed by atoms with Gasteiger partial charge in [0.05, 0.1) is 11.1 Å². The van der Waals surface area contributed by atoms with E-state index in [1.807, 2.05) is 13.0 Å². The molecule has 150 valence electrons. The molecule has 1 aliphatic heterocycles. The Hall–Kier alpha value is -3.48. The van der Waals surface area contributed by atoms with Crippen LogP contribution < -0.4 is 5.32 Å². The van der Waals surface area contributed by atoms with Crippen molar-refractivity contribution in [3.05, 3.63) is 71.3 Å². The van der Waals surface area contributed by atoms with Gasteiger partial charge in [-0.15, -0.1) is 0 Å². The van der Waals surface area contributed by atoms with Crippen molar-refractivity contribution in [1.82, 2.24) is 10.2 Å². The van der Waals surface area contributed by atoms with Crippen molar-refractivity contribution < 1.29 is 23.9 Å². The summed E-state index contributed by atoms with van der Waals surface area (Å²) in [4.78, 5) is 51.2. The van der Waals surface area contributed by atoms with E-state index in [2.05, 4.69) is 5.32 Å². The fourth-order valence-electron chi connectivity index (χ4n) is 3.16. The molecule has 7 nitrogen and oxygen atoms in total. The lowest BCUT2D eigenvalue weighted by molar-refractivity contribution is -0.152. The number of nitrogens with one attached hydrogen (secondary N) is 1. The van der Waals surface area contributed by atoms with Crippen LogP contribution in [0.25, 0.3) is 0 Å². The fourth-order valence-corrected chi connectivity index (χ4v) is 3.16. The van der Waals surface area contributed by atoms with E-state index in [1.54, 1.807) is 48.5 Å². The number of hydrogen-bond acceptors (Lipinski definition) is 5. The van der Waals surface area contributed by atoms with Gasteiger partial charge < -0.3 is 10.1 Å². The van der Waals surface area contributed by atoms with Crippen LogP contribution in [0.3, 0.4) is 0 Å². The summed E-state index contributed by atoms with van der Waals surface area (Å²) in [6, 6.07) is 14.3. The summed E-state index contributed by atoms with van der Waals surface area (Å²) >= 11 is 0. The molecule has 1 heterocycles. The molecule has 1 N–H and O–H groups in total. The largest absolute Gasteiger partial charge is 0.454 e. The molecular formula is C22H22N2O5. The average Bonchev–Trinajstić information content (AvgIpc) is 3.00. The Labute approximate surface area is 168 Å². The maximum absolute atomic E-state index is 12.8. The molecule has 29 heavy (non-hydrogen) atoms. The summed E-state index contributed by atoms with van der Waals surface area (Å²) < 4.78 is 5.15. The average molecular weight is 394 g/mol. The number of esters is 1. The van der Waals surface area contributed by atoms with E-state index in [1.165, 1.54) is 0 Å². The minimum atomic E-state index is -1.16. The highest BCUT2D eigenvalue weighted by Gasteiger charge is 2.43. The number of carbonyl (C=O) groups excluding carboxylic acids is 4. The molecule has 2 aromatic rings. The third kappa shape index (κ3) is 4.51. The first-order valence-corrected chi connectivity index (χ1v) is 9.47. The van der Waals surface area contributed by atoms with E-state index in [-0.39, 0.29) is 17.5 Å². The molecule has 3 rings (SSSR count). The van der Waals surface area contributed by atoms with Gasteiger partial charge in [0.2, 0.25) is 0 Å². The second kappa shape index (κ2) is 9.14. The van der Waals surface area contributed by atoms with Crippen molar-refractivity contribution in [2.45, 2.75) is 25.8 Å². The van der Waals surface area contributed by atoms with Gasteiger partial charge in [0.1, 0.15) is 6.04 Å². The summed E-state index contributed by atoms with van der Waals surface area (Å²) in [6.45, 7) is 1.92. The molecule has 1 aliphatic rings. The number of benzene rings is 2. The minimum Gasteiger partial charge on any atom is -0.454 e. The van der Waals surface area contributed by atoms with Crippen LogP contribution in [-0.4, -0.2) is 47.8 Å². The zero-order valence-electron chi connectivity index (χ0n) is 16.1. The van der Waals surface area contributed by atoms with Crippen molar-refractivity contribution in [2.75, 3.05) is 13.2 Å². The topological polar surface area (TPSA) is 92.8 Å². The van der Waals surface area contributed by atoms with Gasteiger partial charge in [-0.3, -0.25) is 19.3 Å². The van der Waals surface area contributed by atoms with Crippen molar-refractivity contribution in [1.29, 1.82) is 0 Å². The van der Waals surface area contributed by atoms with E-state index in [4.69, 9.17) is 4.74 Å². The zero-order valence-corrected chi connectivity index (χ0v) is 16.1. The molecule has 0 saturated carbocycles. The number of hydrogen-bond donors (Lipinski definition) is 1. The second-order valence-electron chi connectivity index (χ2n) is 6.69. The maximum Gasteiger partial charge on any atom is 0.330 e. The van der Waals surface area contributed by atoms with Crippen molar-refractivity contribution >= 4 is 23.7 Å². The predicted molar refractivity (Wildman–Crippen MR) is 105 cm³/mol. The minimum absolute atomic E-state index is 0.0989. The molecule has 0 radical (unpaired) electrons. The lowest BCUT2D eigenvalue weighted by Gasteiger charge is -2.24. The summed E-state index contributed by atoms with van der Waals surface area (Å²) in [5.41, 5.74) is 1.27. The van der Waals surface area contributed by atoms with Gasteiger partial charge in [-0.2, -0.15) is 0 Å². The van der Waals surface area contributed by atoms with Gasteiger partial charge in [-0.05, 0) is 24.1 Å². The Balaban J connectivity index is 1.82. The van der Waals surface area contributed by atoms with Gasteiger partial charge in [0, 0.05) is 13.0 Å². The van der Waals surface area contributed by atoms with Crippen LogP contribution in [0.15, 0.2) is 54.6 Å². The highest BCUT2D eigenvalue weighted by Crippen LogP contribution is 2.26. The summed E-state index contributed by atoms with van der Waals surface area (Å²) in [7, 11) is 0. The van der Waals surface area contributed by atoms with E-state index in [9.17, 15) is 19.2 Å². The molecule has 0 spiro atoms. The highest BCUT2D eigenvalue weighted by molar-refractivity contribution is 6.22. The SMILES string of the molecule is CCCNC(=O)COC(=O)[C@H](Cc1ccccc1)N1C(=O)c2ccccc2C1=O. The molecule has 0 aliphatic carbocycles. The van der Waals surface area contributed by atoms with Crippen LogP contribution in [0.1, 0.15) is 39.6 Å². The van der Waals surface area contributed by atoms with Crippen LogP contribution in [0.4, 0.5) is 0 Å². The number of ether oxygens (including phenoxy) is 1. The monoisotopic (exact) mass is 394 g/mol. The third-order valence-electron chi connectivity index (χ3n) is 4.60. The molecule has 7 heteroatoms. The first kappa shape index (κ1) is 20.3. The second-order valence-corrected chi connectivity index (χ2v) is 6.69. The molecular weight excluding hydrogens is 372 g/mol. The molecule has 3 amide bonds. The zero-order chi connectivity index (χ0) is 20.8. The molecule has 0 bridgehead atoms. The van der Waals surface area contributed by atoms with E-state index in [0.717, 1.165) is 16.9 Å². The molecule has 0 unspecified atom stereocenters. The summed E-state index contributed by atoms with van der Waals surface area (Å²) in [5, 5.41) is 2.61. The van der Waals surface area contributed by atoms with E-state index in [0.29, 0.717) is 6.54 Å². The van der Waals surface area contributed by atoms with Gasteiger partial charge in [-0.25, -0.2) is 4.79 Å². The van der Waals surface area contributed by atoms with Crippen LogP contribution in [0.2, 0.25) is 0 Å². The fraction of sp³-hybridized carbons (Fsp3) is 0.273. The van der Waals surface area contributed by atoms with Gasteiger partial charge in [0.25, 0.3) is 17.7 Å². The van der Waals surface area contributed by atoms with Crippen LogP contribution in [0, 0.1) is 0 Å². The van der Waals surface area contributed by atoms with Gasteiger partial charge in [-0.1, -0.05) is 49.4 Å². The smallest absolute Gasteiger partial charge is 0.330 e. The Morgan fingerprint density at radius 3 is 2.14 bits per heavy atom. The molecule has 0 aromatic heterocycles. The standard InChI is InChI=1S/C22H22N2O5/c1-2-12-23-19(25)14-29-22(28)18(13-15-8-4-3-5-9-15)24-20(26)16-10-6-7-11-17(16)21(24)27/h3-11,18H,2,12-14H2,1H3,(H,23,25)/t18-/m0/s1. The predicted octanol–water partition coefficient (Wildman–Crippen LogP) is 1.96. The number of amides is 3. The maximum atomic E-state index is 12.8. The van der Waals surface area contributed by atoms with Gasteiger partial charge >= 0.3 is 5.97 Å². The Bertz CT molecular complexity index is 891.